The van der Waals surface area contributed by atoms with Gasteiger partial charge < -0.3 is 24.2 Å². The van der Waals surface area contributed by atoms with Gasteiger partial charge in [0.1, 0.15) is 11.9 Å². The Morgan fingerprint density at radius 1 is 1.30 bits per heavy atom. The number of rotatable bonds is 2. The second-order valence-electron chi connectivity index (χ2n) is 5.17. The molecule has 3 heterocycles. The van der Waals surface area contributed by atoms with E-state index in [2.05, 4.69) is 5.16 Å². The fraction of sp³-hybridized carbons (Fsp3) is 0.500. The standard InChI is InChI=1S/C14H15NO5/c1-17-8-4-2-7(3-5-8)11-10-9-6-18-14(19-9)12(16)13(10)20-15-11/h2-5,9-10,12-14,16H,6H2,1H3/t9-,10-,12-,13+,14-/m0/s1. The molecular weight excluding hydrogens is 262 g/mol. The van der Waals surface area contributed by atoms with Crippen LogP contribution >= 0.6 is 0 Å². The zero-order chi connectivity index (χ0) is 13.7. The average Bonchev–Trinajstić information content (AvgIpc) is 3.11. The number of aliphatic hydroxyl groups excluding tert-OH is 1. The van der Waals surface area contributed by atoms with E-state index in [1.807, 2.05) is 24.3 Å². The van der Waals surface area contributed by atoms with Crippen LogP contribution in [0.25, 0.3) is 0 Å². The molecule has 5 atom stereocenters. The lowest BCUT2D eigenvalue weighted by Crippen LogP contribution is -2.51. The van der Waals surface area contributed by atoms with Gasteiger partial charge in [-0.2, -0.15) is 0 Å². The number of nitrogens with zero attached hydrogens (tertiary/aromatic N) is 1. The Kier molecular flexibility index (Phi) is 2.70. The zero-order valence-corrected chi connectivity index (χ0v) is 10.9. The summed E-state index contributed by atoms with van der Waals surface area (Å²) in [5.74, 6) is 0.686. The highest BCUT2D eigenvalue weighted by molar-refractivity contribution is 6.03. The summed E-state index contributed by atoms with van der Waals surface area (Å²) in [5.41, 5.74) is 1.74. The van der Waals surface area contributed by atoms with Crippen molar-refractivity contribution in [3.63, 3.8) is 0 Å². The maximum atomic E-state index is 10.1. The average molecular weight is 277 g/mol. The van der Waals surface area contributed by atoms with Gasteiger partial charge in [0.25, 0.3) is 0 Å². The highest BCUT2D eigenvalue weighted by Gasteiger charge is 2.56. The van der Waals surface area contributed by atoms with Gasteiger partial charge in [-0.15, -0.1) is 0 Å². The molecular formula is C14H15NO5. The van der Waals surface area contributed by atoms with Crippen LogP contribution in [0.15, 0.2) is 29.4 Å². The number of fused-ring (bicyclic) bond motifs is 4. The molecule has 0 aromatic heterocycles. The Morgan fingerprint density at radius 2 is 2.10 bits per heavy atom. The van der Waals surface area contributed by atoms with Crippen LogP contribution in [0, 0.1) is 5.92 Å². The van der Waals surface area contributed by atoms with Gasteiger partial charge in [0.05, 0.1) is 31.5 Å². The lowest BCUT2D eigenvalue weighted by atomic mass is 9.84. The first-order valence-corrected chi connectivity index (χ1v) is 6.61. The molecule has 0 unspecified atom stereocenters. The summed E-state index contributed by atoms with van der Waals surface area (Å²) < 4.78 is 16.2. The third-order valence-corrected chi connectivity index (χ3v) is 4.08. The van der Waals surface area contributed by atoms with Crippen LogP contribution in [-0.4, -0.2) is 49.1 Å². The van der Waals surface area contributed by atoms with E-state index < -0.39 is 18.5 Å². The molecule has 0 amide bonds. The predicted octanol–water partition coefficient (Wildman–Crippen LogP) is 0.530. The van der Waals surface area contributed by atoms with Crippen molar-refractivity contribution >= 4 is 5.71 Å². The van der Waals surface area contributed by atoms with Crippen LogP contribution < -0.4 is 4.74 Å². The fourth-order valence-corrected chi connectivity index (χ4v) is 3.03. The molecule has 0 spiro atoms. The maximum absolute atomic E-state index is 10.1. The normalized spacial score (nSPS) is 38.1. The SMILES string of the molecule is COc1ccc(C2=NO[C@H]3[C@H](O)[C@H]4OC[C@H](O4)[C@@H]23)cc1. The number of methoxy groups -OCH3 is 1. The first-order valence-electron chi connectivity index (χ1n) is 6.61. The van der Waals surface area contributed by atoms with E-state index >= 15 is 0 Å². The summed E-state index contributed by atoms with van der Waals surface area (Å²) in [5, 5.41) is 14.3. The summed E-state index contributed by atoms with van der Waals surface area (Å²) in [4.78, 5) is 5.42. The minimum Gasteiger partial charge on any atom is -0.497 e. The monoisotopic (exact) mass is 277 g/mol. The van der Waals surface area contributed by atoms with Crippen LogP contribution in [0.1, 0.15) is 5.56 Å². The number of aliphatic hydroxyl groups is 1. The summed E-state index contributed by atoms with van der Waals surface area (Å²) >= 11 is 0. The topological polar surface area (TPSA) is 69.5 Å². The second kappa shape index (κ2) is 4.44. The largest absolute Gasteiger partial charge is 0.497 e. The predicted molar refractivity (Wildman–Crippen MR) is 68.5 cm³/mol. The molecule has 2 saturated heterocycles. The number of benzene rings is 1. The number of hydrogen-bond donors (Lipinski definition) is 1. The minimum absolute atomic E-state index is 0.0999. The number of ether oxygens (including phenoxy) is 3. The van der Waals surface area contributed by atoms with Crippen molar-refractivity contribution in [1.29, 1.82) is 0 Å². The Morgan fingerprint density at radius 3 is 2.85 bits per heavy atom. The van der Waals surface area contributed by atoms with Crippen molar-refractivity contribution in [2.75, 3.05) is 13.7 Å². The first-order chi connectivity index (χ1) is 9.78. The molecule has 3 aliphatic rings. The molecule has 0 radical (unpaired) electrons. The first kappa shape index (κ1) is 12.1. The van der Waals surface area contributed by atoms with Gasteiger partial charge in [0.2, 0.25) is 0 Å². The lowest BCUT2D eigenvalue weighted by molar-refractivity contribution is -0.207. The maximum Gasteiger partial charge on any atom is 0.187 e. The van der Waals surface area contributed by atoms with E-state index in [1.165, 1.54) is 0 Å². The third-order valence-electron chi connectivity index (χ3n) is 4.08. The molecule has 1 aromatic carbocycles. The van der Waals surface area contributed by atoms with Gasteiger partial charge >= 0.3 is 0 Å². The molecule has 106 valence electrons. The minimum atomic E-state index is -0.807. The second-order valence-corrected chi connectivity index (χ2v) is 5.17. The van der Waals surface area contributed by atoms with E-state index in [-0.39, 0.29) is 12.0 Å². The molecule has 0 saturated carbocycles. The van der Waals surface area contributed by atoms with E-state index in [0.29, 0.717) is 6.61 Å². The van der Waals surface area contributed by atoms with Crippen LogP contribution in [0.5, 0.6) is 5.75 Å². The Bertz CT molecular complexity index is 543. The van der Waals surface area contributed by atoms with Crippen LogP contribution in [-0.2, 0) is 14.3 Å². The molecule has 2 bridgehead atoms. The van der Waals surface area contributed by atoms with Crippen molar-refractivity contribution in [3.8, 4) is 5.75 Å². The third kappa shape index (κ3) is 1.65. The van der Waals surface area contributed by atoms with Gasteiger partial charge in [0.15, 0.2) is 12.4 Å². The highest BCUT2D eigenvalue weighted by atomic mass is 16.7. The van der Waals surface area contributed by atoms with Gasteiger partial charge in [-0.05, 0) is 24.3 Å². The van der Waals surface area contributed by atoms with Crippen LogP contribution in [0.3, 0.4) is 0 Å². The Balaban J connectivity index is 1.65. The fourth-order valence-electron chi connectivity index (χ4n) is 3.03. The molecule has 6 heteroatoms. The van der Waals surface area contributed by atoms with Gasteiger partial charge in [0, 0.05) is 5.56 Å². The van der Waals surface area contributed by atoms with E-state index in [0.717, 1.165) is 17.0 Å². The molecule has 2 fully saturated rings. The van der Waals surface area contributed by atoms with Crippen molar-refractivity contribution in [1.82, 2.24) is 0 Å². The Labute approximate surface area is 115 Å². The molecule has 1 aromatic rings. The van der Waals surface area contributed by atoms with Gasteiger partial charge in [-0.3, -0.25) is 0 Å². The van der Waals surface area contributed by atoms with E-state index in [9.17, 15) is 5.11 Å². The van der Waals surface area contributed by atoms with Crippen molar-refractivity contribution in [2.24, 2.45) is 11.1 Å². The summed E-state index contributed by atoms with van der Waals surface area (Å²) in [6.07, 6.45) is -1.90. The smallest absolute Gasteiger partial charge is 0.187 e. The van der Waals surface area contributed by atoms with Crippen molar-refractivity contribution in [3.05, 3.63) is 29.8 Å². The quantitative estimate of drug-likeness (QED) is 0.854. The van der Waals surface area contributed by atoms with E-state index in [1.54, 1.807) is 7.11 Å². The summed E-state index contributed by atoms with van der Waals surface area (Å²) in [6.45, 7) is 0.460. The van der Waals surface area contributed by atoms with Crippen LogP contribution in [0.2, 0.25) is 0 Å². The molecule has 0 aliphatic carbocycles. The zero-order valence-electron chi connectivity index (χ0n) is 10.9. The lowest BCUT2D eigenvalue weighted by Gasteiger charge is -2.32. The Hall–Kier alpha value is -1.63. The summed E-state index contributed by atoms with van der Waals surface area (Å²) in [6, 6.07) is 7.61. The highest BCUT2D eigenvalue weighted by Crippen LogP contribution is 2.39. The number of oxime groups is 1. The molecule has 1 N–H and O–H groups in total. The summed E-state index contributed by atoms with van der Waals surface area (Å²) in [7, 11) is 1.63. The van der Waals surface area contributed by atoms with Crippen LogP contribution in [0.4, 0.5) is 0 Å². The van der Waals surface area contributed by atoms with Gasteiger partial charge in [-0.25, -0.2) is 0 Å². The van der Waals surface area contributed by atoms with Gasteiger partial charge in [-0.1, -0.05) is 5.16 Å². The van der Waals surface area contributed by atoms with Crippen molar-refractivity contribution in [2.45, 2.75) is 24.6 Å². The van der Waals surface area contributed by atoms with E-state index in [4.69, 9.17) is 19.0 Å². The number of hydrogen-bond acceptors (Lipinski definition) is 6. The molecule has 6 nitrogen and oxygen atoms in total. The molecule has 3 aliphatic heterocycles. The molecule has 20 heavy (non-hydrogen) atoms. The molecule has 4 rings (SSSR count). The van der Waals surface area contributed by atoms with Crippen molar-refractivity contribution < 1.29 is 24.2 Å².